The van der Waals surface area contributed by atoms with Crippen LogP contribution in [-0.2, 0) is 0 Å². The van der Waals surface area contributed by atoms with Crippen LogP contribution in [0.1, 0.15) is 23.2 Å². The van der Waals surface area contributed by atoms with Gasteiger partial charge in [-0.3, -0.25) is 4.79 Å². The van der Waals surface area contributed by atoms with E-state index in [-0.39, 0.29) is 18.3 Å². The molecule has 1 aromatic carbocycles. The van der Waals surface area contributed by atoms with Crippen molar-refractivity contribution in [1.82, 2.24) is 10.2 Å². The highest BCUT2D eigenvalue weighted by atomic mass is 35.5. The Balaban J connectivity index is 0.00000144. The second kappa shape index (κ2) is 6.62. The molecule has 0 radical (unpaired) electrons. The third-order valence-corrected chi connectivity index (χ3v) is 3.10. The van der Waals surface area contributed by atoms with Crippen molar-refractivity contribution < 1.29 is 4.79 Å². The van der Waals surface area contributed by atoms with Crippen LogP contribution in [0.2, 0.25) is 0 Å². The predicted octanol–water partition coefficient (Wildman–Crippen LogP) is 1.93. The summed E-state index contributed by atoms with van der Waals surface area (Å²) in [4.78, 5) is 14.2. The summed E-state index contributed by atoms with van der Waals surface area (Å²) in [7, 11) is 1.93. The van der Waals surface area contributed by atoms with Gasteiger partial charge in [0, 0.05) is 24.7 Å². The summed E-state index contributed by atoms with van der Waals surface area (Å²) in [6.45, 7) is 1.78. The van der Waals surface area contributed by atoms with Crippen molar-refractivity contribution in [3.05, 3.63) is 35.9 Å². The van der Waals surface area contributed by atoms with E-state index >= 15 is 0 Å². The third-order valence-electron chi connectivity index (χ3n) is 3.10. The summed E-state index contributed by atoms with van der Waals surface area (Å²) in [5, 5.41) is 3.15. The molecule has 1 N–H and O–H groups in total. The van der Waals surface area contributed by atoms with Crippen LogP contribution in [0.25, 0.3) is 0 Å². The molecule has 1 atom stereocenters. The molecular weight excluding hydrogens is 236 g/mol. The molecule has 0 saturated carbocycles. The number of amides is 1. The molecule has 1 unspecified atom stereocenters. The maximum Gasteiger partial charge on any atom is 0.254 e. The molecule has 1 heterocycles. The van der Waals surface area contributed by atoms with Gasteiger partial charge in [-0.25, -0.2) is 0 Å². The van der Waals surface area contributed by atoms with Gasteiger partial charge < -0.3 is 10.2 Å². The van der Waals surface area contributed by atoms with E-state index in [1.54, 1.807) is 0 Å². The number of hydrogen-bond acceptors (Lipinski definition) is 2. The molecule has 3 nitrogen and oxygen atoms in total. The molecule has 1 aromatic rings. The summed E-state index contributed by atoms with van der Waals surface area (Å²) >= 11 is 0. The average Bonchev–Trinajstić information content (AvgIpc) is 2.78. The van der Waals surface area contributed by atoms with Gasteiger partial charge in [-0.05, 0) is 32.0 Å². The summed E-state index contributed by atoms with van der Waals surface area (Å²) in [5.41, 5.74) is 0.797. The van der Waals surface area contributed by atoms with Crippen LogP contribution in [0.5, 0.6) is 0 Å². The Morgan fingerprint density at radius 1 is 1.41 bits per heavy atom. The van der Waals surface area contributed by atoms with Crippen LogP contribution in [0.15, 0.2) is 30.3 Å². The van der Waals surface area contributed by atoms with Gasteiger partial charge in [0.15, 0.2) is 0 Å². The number of nitrogens with one attached hydrogen (secondary N) is 1. The van der Waals surface area contributed by atoms with Gasteiger partial charge >= 0.3 is 0 Å². The van der Waals surface area contributed by atoms with Crippen LogP contribution < -0.4 is 5.32 Å². The maximum absolute atomic E-state index is 12.2. The number of carbonyl (C=O) groups is 1. The SMILES string of the molecule is CNCC1CCCN1C(=O)c1ccccc1.Cl. The smallest absolute Gasteiger partial charge is 0.254 e. The number of hydrogen-bond donors (Lipinski definition) is 1. The molecule has 1 aliphatic rings. The Morgan fingerprint density at radius 3 is 2.76 bits per heavy atom. The van der Waals surface area contributed by atoms with E-state index in [2.05, 4.69) is 5.32 Å². The Bertz CT molecular complexity index is 356. The van der Waals surface area contributed by atoms with Gasteiger partial charge in [0.25, 0.3) is 5.91 Å². The van der Waals surface area contributed by atoms with Crippen LogP contribution in [0.3, 0.4) is 0 Å². The highest BCUT2D eigenvalue weighted by Crippen LogP contribution is 2.19. The number of likely N-dealkylation sites (N-methyl/N-ethyl adjacent to an activating group) is 1. The Kier molecular flexibility index (Phi) is 5.45. The number of benzene rings is 1. The fourth-order valence-corrected chi connectivity index (χ4v) is 2.30. The summed E-state index contributed by atoms with van der Waals surface area (Å²) in [6.07, 6.45) is 2.23. The first-order valence-electron chi connectivity index (χ1n) is 5.83. The number of carbonyl (C=O) groups excluding carboxylic acids is 1. The Hall–Kier alpha value is -1.06. The molecular formula is C13H19ClN2O. The molecule has 1 aliphatic heterocycles. The topological polar surface area (TPSA) is 32.3 Å². The summed E-state index contributed by atoms with van der Waals surface area (Å²) in [6, 6.07) is 9.89. The zero-order valence-electron chi connectivity index (χ0n) is 10.1. The van der Waals surface area contributed by atoms with Gasteiger partial charge in [0.05, 0.1) is 0 Å². The van der Waals surface area contributed by atoms with Crippen LogP contribution in [0.4, 0.5) is 0 Å². The third kappa shape index (κ3) is 3.20. The van der Waals surface area contributed by atoms with Gasteiger partial charge in [0.2, 0.25) is 0 Å². The molecule has 0 spiro atoms. The van der Waals surface area contributed by atoms with E-state index in [1.807, 2.05) is 42.3 Å². The first-order valence-corrected chi connectivity index (χ1v) is 5.83. The molecule has 0 aliphatic carbocycles. The van der Waals surface area contributed by atoms with Crippen molar-refractivity contribution >= 4 is 18.3 Å². The van der Waals surface area contributed by atoms with Crippen LogP contribution in [-0.4, -0.2) is 37.0 Å². The van der Waals surface area contributed by atoms with E-state index in [4.69, 9.17) is 0 Å². The Labute approximate surface area is 109 Å². The van der Waals surface area contributed by atoms with Gasteiger partial charge in [-0.15, -0.1) is 12.4 Å². The van der Waals surface area contributed by atoms with Crippen LogP contribution >= 0.6 is 12.4 Å². The van der Waals surface area contributed by atoms with Crippen molar-refractivity contribution in [2.75, 3.05) is 20.1 Å². The van der Waals surface area contributed by atoms with Gasteiger partial charge in [-0.2, -0.15) is 0 Å². The zero-order valence-corrected chi connectivity index (χ0v) is 10.9. The van der Waals surface area contributed by atoms with Crippen molar-refractivity contribution in [3.63, 3.8) is 0 Å². The normalized spacial score (nSPS) is 18.9. The summed E-state index contributed by atoms with van der Waals surface area (Å²) in [5.74, 6) is 0.165. The minimum absolute atomic E-state index is 0. The maximum atomic E-state index is 12.2. The largest absolute Gasteiger partial charge is 0.334 e. The highest BCUT2D eigenvalue weighted by molar-refractivity contribution is 5.94. The molecule has 2 rings (SSSR count). The van der Waals surface area contributed by atoms with Crippen molar-refractivity contribution in [2.45, 2.75) is 18.9 Å². The Morgan fingerprint density at radius 2 is 2.12 bits per heavy atom. The molecule has 4 heteroatoms. The number of likely N-dealkylation sites (tertiary alicyclic amines) is 1. The van der Waals surface area contributed by atoms with Gasteiger partial charge in [0.1, 0.15) is 0 Å². The molecule has 17 heavy (non-hydrogen) atoms. The molecule has 94 valence electrons. The molecule has 1 fully saturated rings. The minimum atomic E-state index is 0. The summed E-state index contributed by atoms with van der Waals surface area (Å²) < 4.78 is 0. The van der Waals surface area contributed by atoms with E-state index in [9.17, 15) is 4.79 Å². The number of rotatable bonds is 3. The first-order chi connectivity index (χ1) is 7.83. The van der Waals surface area contributed by atoms with Crippen molar-refractivity contribution in [1.29, 1.82) is 0 Å². The minimum Gasteiger partial charge on any atom is -0.334 e. The molecule has 1 saturated heterocycles. The molecule has 1 amide bonds. The monoisotopic (exact) mass is 254 g/mol. The lowest BCUT2D eigenvalue weighted by Gasteiger charge is -2.24. The fraction of sp³-hybridized carbons (Fsp3) is 0.462. The second-order valence-electron chi connectivity index (χ2n) is 4.22. The van der Waals surface area contributed by atoms with Crippen molar-refractivity contribution in [3.8, 4) is 0 Å². The van der Waals surface area contributed by atoms with E-state index in [1.165, 1.54) is 0 Å². The quantitative estimate of drug-likeness (QED) is 0.894. The number of nitrogens with zero attached hydrogens (tertiary/aromatic N) is 1. The lowest BCUT2D eigenvalue weighted by atomic mass is 10.1. The van der Waals surface area contributed by atoms with E-state index in [0.717, 1.165) is 31.5 Å². The first kappa shape index (κ1) is 14.0. The molecule has 0 bridgehead atoms. The average molecular weight is 255 g/mol. The predicted molar refractivity (Wildman–Crippen MR) is 71.7 cm³/mol. The van der Waals surface area contributed by atoms with E-state index < -0.39 is 0 Å². The zero-order chi connectivity index (χ0) is 11.4. The molecule has 0 aromatic heterocycles. The second-order valence-corrected chi connectivity index (χ2v) is 4.22. The lowest BCUT2D eigenvalue weighted by Crippen LogP contribution is -2.40. The number of halogens is 1. The van der Waals surface area contributed by atoms with Crippen molar-refractivity contribution in [2.24, 2.45) is 0 Å². The fourth-order valence-electron chi connectivity index (χ4n) is 2.30. The van der Waals surface area contributed by atoms with E-state index in [0.29, 0.717) is 6.04 Å². The standard InChI is InChI=1S/C13H18N2O.ClH/c1-14-10-12-8-5-9-15(12)13(16)11-6-3-2-4-7-11;/h2-4,6-7,12,14H,5,8-10H2,1H3;1H. The van der Waals surface area contributed by atoms with Crippen LogP contribution in [0, 0.1) is 0 Å². The van der Waals surface area contributed by atoms with Gasteiger partial charge in [-0.1, -0.05) is 18.2 Å². The highest BCUT2D eigenvalue weighted by Gasteiger charge is 2.28. The lowest BCUT2D eigenvalue weighted by molar-refractivity contribution is 0.0737.